The fourth-order valence-corrected chi connectivity index (χ4v) is 3.63. The van der Waals surface area contributed by atoms with Crippen LogP contribution in [0.3, 0.4) is 0 Å². The largest absolute Gasteiger partial charge is 0.484 e. The van der Waals surface area contributed by atoms with E-state index in [1.165, 1.54) is 5.56 Å². The predicted molar refractivity (Wildman–Crippen MR) is 135 cm³/mol. The molecule has 5 nitrogen and oxygen atoms in total. The molecule has 0 radical (unpaired) electrons. The van der Waals surface area contributed by atoms with Gasteiger partial charge in [0.2, 0.25) is 5.91 Å². The number of hydrogen-bond acceptors (Lipinski definition) is 3. The Balaban J connectivity index is 2.19. The molecule has 180 valence electrons. The zero-order valence-electron chi connectivity index (χ0n) is 20.7. The van der Waals surface area contributed by atoms with E-state index in [9.17, 15) is 9.59 Å². The first-order valence-electron chi connectivity index (χ1n) is 11.6. The molecule has 2 aromatic carbocycles. The van der Waals surface area contributed by atoms with Crippen LogP contribution in [0.25, 0.3) is 0 Å². The molecule has 0 bridgehead atoms. The highest BCUT2D eigenvalue weighted by Gasteiger charge is 2.29. The number of hydrogen-bond donors (Lipinski definition) is 1. The van der Waals surface area contributed by atoms with Gasteiger partial charge in [0.15, 0.2) is 6.61 Å². The standard InChI is InChI=1S/C27H37ClN2O3/c1-7-24(26(32)29-16-19(2)3)30(17-20-10-8-9-11-23(20)28)25(31)18-33-22-14-12-21(13-15-22)27(4,5)6/h8-15,19,24H,7,16-18H2,1-6H3,(H,29,32)/t24-/m0/s1. The fraction of sp³-hybridized carbons (Fsp3) is 0.481. The van der Waals surface area contributed by atoms with Crippen LogP contribution in [0.1, 0.15) is 59.1 Å². The molecule has 33 heavy (non-hydrogen) atoms. The van der Waals surface area contributed by atoms with E-state index < -0.39 is 6.04 Å². The Morgan fingerprint density at radius 3 is 2.24 bits per heavy atom. The van der Waals surface area contributed by atoms with Crippen molar-refractivity contribution in [3.8, 4) is 5.75 Å². The van der Waals surface area contributed by atoms with E-state index >= 15 is 0 Å². The summed E-state index contributed by atoms with van der Waals surface area (Å²) in [6.07, 6.45) is 0.487. The van der Waals surface area contributed by atoms with E-state index in [1.54, 1.807) is 11.0 Å². The molecule has 0 spiro atoms. The van der Waals surface area contributed by atoms with Gasteiger partial charge in [0.25, 0.3) is 5.91 Å². The minimum atomic E-state index is -0.612. The quantitative estimate of drug-likeness (QED) is 0.490. The lowest BCUT2D eigenvalue weighted by molar-refractivity contribution is -0.143. The molecule has 0 unspecified atom stereocenters. The number of amides is 2. The molecule has 0 fully saturated rings. The molecular weight excluding hydrogens is 436 g/mol. The van der Waals surface area contributed by atoms with Crippen LogP contribution in [0.2, 0.25) is 5.02 Å². The monoisotopic (exact) mass is 472 g/mol. The van der Waals surface area contributed by atoms with Gasteiger partial charge in [0, 0.05) is 18.1 Å². The summed E-state index contributed by atoms with van der Waals surface area (Å²) < 4.78 is 5.80. The van der Waals surface area contributed by atoms with Crippen LogP contribution in [-0.4, -0.2) is 35.9 Å². The van der Waals surface area contributed by atoms with Crippen molar-refractivity contribution in [1.29, 1.82) is 0 Å². The predicted octanol–water partition coefficient (Wildman–Crippen LogP) is 5.60. The Hall–Kier alpha value is -2.53. The van der Waals surface area contributed by atoms with Crippen LogP contribution >= 0.6 is 11.6 Å². The van der Waals surface area contributed by atoms with Crippen molar-refractivity contribution >= 4 is 23.4 Å². The molecule has 1 N–H and O–H groups in total. The van der Waals surface area contributed by atoms with Gasteiger partial charge in [-0.25, -0.2) is 0 Å². The van der Waals surface area contributed by atoms with Crippen LogP contribution in [0, 0.1) is 5.92 Å². The topological polar surface area (TPSA) is 58.6 Å². The number of ether oxygens (including phenoxy) is 1. The molecule has 0 aliphatic heterocycles. The molecule has 0 saturated heterocycles. The SMILES string of the molecule is CC[C@@H](C(=O)NCC(C)C)N(Cc1ccccc1Cl)C(=O)COc1ccc(C(C)(C)C)cc1. The van der Waals surface area contributed by atoms with Crippen molar-refractivity contribution in [3.63, 3.8) is 0 Å². The molecule has 2 amide bonds. The third kappa shape index (κ3) is 8.08. The van der Waals surface area contributed by atoms with Crippen molar-refractivity contribution in [2.24, 2.45) is 5.92 Å². The third-order valence-electron chi connectivity index (χ3n) is 5.45. The van der Waals surface area contributed by atoms with Crippen molar-refractivity contribution in [1.82, 2.24) is 10.2 Å². The first-order chi connectivity index (χ1) is 15.5. The number of nitrogens with zero attached hydrogens (tertiary/aromatic N) is 1. The Kier molecular flexibility index (Phi) is 9.78. The summed E-state index contributed by atoms with van der Waals surface area (Å²) in [6, 6.07) is 14.5. The summed E-state index contributed by atoms with van der Waals surface area (Å²) in [6.45, 7) is 13.0. The second kappa shape index (κ2) is 12.1. The van der Waals surface area contributed by atoms with Gasteiger partial charge in [-0.1, -0.05) is 83.5 Å². The lowest BCUT2D eigenvalue weighted by Crippen LogP contribution is -2.50. The first-order valence-corrected chi connectivity index (χ1v) is 11.9. The van der Waals surface area contributed by atoms with Crippen LogP contribution in [-0.2, 0) is 21.5 Å². The van der Waals surface area contributed by atoms with Crippen molar-refractivity contribution in [2.75, 3.05) is 13.2 Å². The highest BCUT2D eigenvalue weighted by Crippen LogP contribution is 2.25. The summed E-state index contributed by atoms with van der Waals surface area (Å²) in [5.74, 6) is 0.507. The Labute approximate surface area is 203 Å². The minimum Gasteiger partial charge on any atom is -0.484 e. The maximum atomic E-state index is 13.3. The Bertz CT molecular complexity index is 920. The van der Waals surface area contributed by atoms with Crippen LogP contribution in [0.15, 0.2) is 48.5 Å². The Morgan fingerprint density at radius 1 is 1.06 bits per heavy atom. The van der Waals surface area contributed by atoms with E-state index in [2.05, 4.69) is 26.1 Å². The summed E-state index contributed by atoms with van der Waals surface area (Å²) in [7, 11) is 0. The van der Waals surface area contributed by atoms with Crippen LogP contribution in [0.4, 0.5) is 0 Å². The highest BCUT2D eigenvalue weighted by molar-refractivity contribution is 6.31. The lowest BCUT2D eigenvalue weighted by atomic mass is 9.87. The minimum absolute atomic E-state index is 0.0395. The Morgan fingerprint density at radius 2 is 1.70 bits per heavy atom. The van der Waals surface area contributed by atoms with Crippen molar-refractivity contribution < 1.29 is 14.3 Å². The number of carbonyl (C=O) groups is 2. The number of nitrogens with one attached hydrogen (secondary N) is 1. The van der Waals surface area contributed by atoms with Crippen molar-refractivity contribution in [2.45, 2.75) is 66.0 Å². The number of rotatable bonds is 10. The average molecular weight is 473 g/mol. The summed E-state index contributed by atoms with van der Waals surface area (Å²) in [5.41, 5.74) is 2.02. The van der Waals surface area contributed by atoms with Gasteiger partial charge >= 0.3 is 0 Å². The van der Waals surface area contributed by atoms with Gasteiger partial charge in [0.05, 0.1) is 0 Å². The smallest absolute Gasteiger partial charge is 0.261 e. The molecule has 0 heterocycles. The van der Waals surface area contributed by atoms with Crippen molar-refractivity contribution in [3.05, 3.63) is 64.7 Å². The molecule has 2 aromatic rings. The molecule has 0 aromatic heterocycles. The number of halogens is 1. The second-order valence-corrected chi connectivity index (χ2v) is 10.1. The number of carbonyl (C=O) groups excluding carboxylic acids is 2. The maximum Gasteiger partial charge on any atom is 0.261 e. The van der Waals surface area contributed by atoms with Gasteiger partial charge in [-0.05, 0) is 47.1 Å². The number of benzene rings is 2. The normalized spacial score (nSPS) is 12.4. The second-order valence-electron chi connectivity index (χ2n) is 9.74. The molecular formula is C27H37ClN2O3. The van der Waals surface area contributed by atoms with Gasteiger partial charge in [-0.3, -0.25) is 9.59 Å². The zero-order chi connectivity index (χ0) is 24.6. The molecule has 0 saturated carbocycles. The average Bonchev–Trinajstić information content (AvgIpc) is 2.76. The molecule has 1 atom stereocenters. The van der Waals surface area contributed by atoms with Gasteiger partial charge < -0.3 is 15.0 Å². The maximum absolute atomic E-state index is 13.3. The van der Waals surface area contributed by atoms with Gasteiger partial charge in [0.1, 0.15) is 11.8 Å². The van der Waals surface area contributed by atoms with E-state index in [0.29, 0.717) is 29.7 Å². The van der Waals surface area contributed by atoms with E-state index in [4.69, 9.17) is 16.3 Å². The summed E-state index contributed by atoms with van der Waals surface area (Å²) in [5, 5.41) is 3.52. The fourth-order valence-electron chi connectivity index (χ4n) is 3.43. The lowest BCUT2D eigenvalue weighted by Gasteiger charge is -2.31. The molecule has 6 heteroatoms. The summed E-state index contributed by atoms with van der Waals surface area (Å²) in [4.78, 5) is 27.8. The zero-order valence-corrected chi connectivity index (χ0v) is 21.4. The first kappa shape index (κ1) is 26.7. The summed E-state index contributed by atoms with van der Waals surface area (Å²) >= 11 is 6.36. The molecule has 2 rings (SSSR count). The molecule has 0 aliphatic rings. The molecule has 0 aliphatic carbocycles. The highest BCUT2D eigenvalue weighted by atomic mass is 35.5. The van der Waals surface area contributed by atoms with E-state index in [0.717, 1.165) is 5.56 Å². The van der Waals surface area contributed by atoms with Gasteiger partial charge in [-0.15, -0.1) is 0 Å². The van der Waals surface area contributed by atoms with E-state index in [-0.39, 0.29) is 30.4 Å². The van der Waals surface area contributed by atoms with Crippen LogP contribution in [0.5, 0.6) is 5.75 Å². The van der Waals surface area contributed by atoms with E-state index in [1.807, 2.05) is 63.2 Å². The third-order valence-corrected chi connectivity index (χ3v) is 5.82. The van der Waals surface area contributed by atoms with Gasteiger partial charge in [-0.2, -0.15) is 0 Å². The van der Waals surface area contributed by atoms with Crippen LogP contribution < -0.4 is 10.1 Å².